The van der Waals surface area contributed by atoms with E-state index in [-0.39, 0.29) is 0 Å². The Bertz CT molecular complexity index is 515. The van der Waals surface area contributed by atoms with E-state index in [0.717, 1.165) is 24.3 Å². The molecule has 0 heterocycles. The maximum absolute atomic E-state index is 10.6. The predicted octanol–water partition coefficient (Wildman–Crippen LogP) is 2.56. The van der Waals surface area contributed by atoms with E-state index in [9.17, 15) is 9.59 Å². The highest BCUT2D eigenvalue weighted by Gasteiger charge is 2.17. The first-order chi connectivity index (χ1) is 14.5. The Hall–Kier alpha value is -2.03. The molecule has 0 aromatic carbocycles. The molecule has 0 bridgehead atoms. The summed E-state index contributed by atoms with van der Waals surface area (Å²) in [6, 6.07) is 0.324. The van der Waals surface area contributed by atoms with E-state index in [1.807, 2.05) is 13.8 Å². The SMILES string of the molecule is CC.CNC(C)C1CCCCC1.CNCC(=NC(C)C=O)N/C=C/C=C/C(=O)NO. The molecule has 8 nitrogen and oxygen atoms in total. The quantitative estimate of drug-likeness (QED) is 0.0738. The van der Waals surface area contributed by atoms with E-state index in [2.05, 4.69) is 34.9 Å². The third-order valence-corrected chi connectivity index (χ3v) is 4.53. The van der Waals surface area contributed by atoms with Crippen molar-refractivity contribution in [2.24, 2.45) is 10.9 Å². The lowest BCUT2D eigenvalue weighted by molar-refractivity contribution is -0.124. The summed E-state index contributed by atoms with van der Waals surface area (Å²) in [7, 11) is 3.83. The second-order valence-corrected chi connectivity index (χ2v) is 6.80. The van der Waals surface area contributed by atoms with Crippen molar-refractivity contribution < 1.29 is 14.8 Å². The number of amidine groups is 1. The van der Waals surface area contributed by atoms with E-state index >= 15 is 0 Å². The normalized spacial score (nSPS) is 16.7. The van der Waals surface area contributed by atoms with E-state index in [1.54, 1.807) is 26.2 Å². The Morgan fingerprint density at radius 3 is 2.27 bits per heavy atom. The largest absolute Gasteiger partial charge is 0.349 e. The summed E-state index contributed by atoms with van der Waals surface area (Å²) in [4.78, 5) is 25.2. The van der Waals surface area contributed by atoms with Crippen molar-refractivity contribution in [1.29, 1.82) is 0 Å². The van der Waals surface area contributed by atoms with Gasteiger partial charge in [-0.3, -0.25) is 15.0 Å². The number of hydrogen-bond donors (Lipinski definition) is 5. The van der Waals surface area contributed by atoms with Crippen molar-refractivity contribution in [1.82, 2.24) is 21.4 Å². The van der Waals surface area contributed by atoms with Gasteiger partial charge in [0.25, 0.3) is 5.91 Å². The van der Waals surface area contributed by atoms with Crippen LogP contribution in [0.2, 0.25) is 0 Å². The van der Waals surface area contributed by atoms with Crippen molar-refractivity contribution in [2.45, 2.75) is 71.9 Å². The molecule has 30 heavy (non-hydrogen) atoms. The number of hydrogen-bond acceptors (Lipinski definition) is 6. The molecule has 0 aliphatic heterocycles. The van der Waals surface area contributed by atoms with Gasteiger partial charge < -0.3 is 20.7 Å². The highest BCUT2D eigenvalue weighted by Crippen LogP contribution is 2.25. The Labute approximate surface area is 182 Å². The molecule has 1 aliphatic rings. The summed E-state index contributed by atoms with van der Waals surface area (Å²) < 4.78 is 0. The Morgan fingerprint density at radius 2 is 1.77 bits per heavy atom. The minimum Gasteiger partial charge on any atom is -0.349 e. The Kier molecular flexibility index (Phi) is 21.8. The number of nitrogens with zero attached hydrogens (tertiary/aromatic N) is 1. The number of allylic oxidation sites excluding steroid dienone is 2. The van der Waals surface area contributed by atoms with Crippen molar-refractivity contribution in [3.05, 3.63) is 24.4 Å². The fraction of sp³-hybridized carbons (Fsp3) is 0.682. The van der Waals surface area contributed by atoms with Gasteiger partial charge >= 0.3 is 0 Å². The molecule has 0 radical (unpaired) electrons. The van der Waals surface area contributed by atoms with Crippen molar-refractivity contribution in [3.63, 3.8) is 0 Å². The molecule has 0 aromatic rings. The zero-order valence-electron chi connectivity index (χ0n) is 19.6. The summed E-state index contributed by atoms with van der Waals surface area (Å²) in [5.74, 6) is 0.949. The molecular formula is C22H43N5O3. The topological polar surface area (TPSA) is 115 Å². The highest BCUT2D eigenvalue weighted by atomic mass is 16.5. The summed E-state index contributed by atoms with van der Waals surface area (Å²) in [6.07, 6.45) is 13.7. The van der Waals surface area contributed by atoms with Crippen LogP contribution in [-0.2, 0) is 9.59 Å². The summed E-state index contributed by atoms with van der Waals surface area (Å²) in [5, 5.41) is 17.3. The lowest BCUT2D eigenvalue weighted by Gasteiger charge is -2.27. The molecule has 1 aliphatic carbocycles. The molecule has 8 heteroatoms. The maximum Gasteiger partial charge on any atom is 0.267 e. The van der Waals surface area contributed by atoms with Gasteiger partial charge in [0, 0.05) is 18.3 Å². The van der Waals surface area contributed by atoms with Crippen LogP contribution in [0.4, 0.5) is 0 Å². The minimum atomic E-state index is -0.613. The second kappa shape index (κ2) is 21.7. The first-order valence-corrected chi connectivity index (χ1v) is 10.9. The van der Waals surface area contributed by atoms with Crippen LogP contribution in [0.3, 0.4) is 0 Å². The minimum absolute atomic E-state index is 0.412. The van der Waals surface area contributed by atoms with Crippen LogP contribution in [0.5, 0.6) is 0 Å². The van der Waals surface area contributed by atoms with Gasteiger partial charge in [0.1, 0.15) is 18.2 Å². The lowest BCUT2D eigenvalue weighted by Crippen LogP contribution is -2.31. The first-order valence-electron chi connectivity index (χ1n) is 10.9. The molecule has 2 atom stereocenters. The fourth-order valence-corrected chi connectivity index (χ4v) is 2.83. The molecule has 0 saturated heterocycles. The van der Waals surface area contributed by atoms with Gasteiger partial charge in [-0.25, -0.2) is 5.48 Å². The first kappa shape index (κ1) is 30.2. The predicted molar refractivity (Wildman–Crippen MR) is 125 cm³/mol. The number of aldehydes is 1. The number of hydroxylamine groups is 1. The average molecular weight is 426 g/mol. The smallest absolute Gasteiger partial charge is 0.267 e. The molecule has 174 valence electrons. The van der Waals surface area contributed by atoms with Crippen LogP contribution in [0, 0.1) is 5.92 Å². The molecule has 1 saturated carbocycles. The Morgan fingerprint density at radius 1 is 1.13 bits per heavy atom. The third kappa shape index (κ3) is 16.9. The molecule has 1 amide bonds. The van der Waals surface area contributed by atoms with Crippen LogP contribution < -0.4 is 21.4 Å². The molecule has 2 unspecified atom stereocenters. The van der Waals surface area contributed by atoms with Gasteiger partial charge in [-0.05, 0) is 52.8 Å². The van der Waals surface area contributed by atoms with E-state index in [1.165, 1.54) is 43.7 Å². The summed E-state index contributed by atoms with van der Waals surface area (Å²) in [6.45, 7) is 8.47. The molecule has 5 N–H and O–H groups in total. The third-order valence-electron chi connectivity index (χ3n) is 4.53. The zero-order chi connectivity index (χ0) is 23.2. The van der Waals surface area contributed by atoms with Crippen LogP contribution in [0.25, 0.3) is 0 Å². The molecule has 0 aromatic heterocycles. The van der Waals surface area contributed by atoms with Gasteiger partial charge in [-0.15, -0.1) is 0 Å². The Balaban J connectivity index is 0. The monoisotopic (exact) mass is 425 g/mol. The number of rotatable bonds is 9. The van der Waals surface area contributed by atoms with Crippen molar-refractivity contribution in [3.8, 4) is 0 Å². The van der Waals surface area contributed by atoms with Gasteiger partial charge in [0.2, 0.25) is 0 Å². The molecular weight excluding hydrogens is 382 g/mol. The summed E-state index contributed by atoms with van der Waals surface area (Å²) in [5.41, 5.74) is 1.47. The number of amides is 1. The van der Waals surface area contributed by atoms with Gasteiger partial charge in [0.05, 0.1) is 6.54 Å². The zero-order valence-corrected chi connectivity index (χ0v) is 19.6. The van der Waals surface area contributed by atoms with Crippen LogP contribution in [0.1, 0.15) is 59.8 Å². The number of carbonyl (C=O) groups is 2. The number of aliphatic imine (C=N–C) groups is 1. The number of nitrogens with one attached hydrogen (secondary N) is 4. The maximum atomic E-state index is 10.6. The fourth-order valence-electron chi connectivity index (χ4n) is 2.83. The van der Waals surface area contributed by atoms with Crippen LogP contribution in [0.15, 0.2) is 29.4 Å². The van der Waals surface area contributed by atoms with Gasteiger partial charge in [0.15, 0.2) is 0 Å². The van der Waals surface area contributed by atoms with E-state index < -0.39 is 11.9 Å². The van der Waals surface area contributed by atoms with Crippen LogP contribution in [-0.4, -0.2) is 56.0 Å². The van der Waals surface area contributed by atoms with Gasteiger partial charge in [-0.1, -0.05) is 39.2 Å². The molecule has 1 rings (SSSR count). The lowest BCUT2D eigenvalue weighted by atomic mass is 9.85. The number of likely N-dealkylation sites (N-methyl/N-ethyl adjacent to an activating group) is 1. The van der Waals surface area contributed by atoms with E-state index in [0.29, 0.717) is 12.4 Å². The van der Waals surface area contributed by atoms with Crippen molar-refractivity contribution in [2.75, 3.05) is 20.6 Å². The summed E-state index contributed by atoms with van der Waals surface area (Å²) >= 11 is 0. The van der Waals surface area contributed by atoms with E-state index in [4.69, 9.17) is 5.21 Å². The second-order valence-electron chi connectivity index (χ2n) is 6.80. The number of carbonyl (C=O) groups excluding carboxylic acids is 2. The van der Waals surface area contributed by atoms with Gasteiger partial charge in [-0.2, -0.15) is 0 Å². The van der Waals surface area contributed by atoms with Crippen LogP contribution >= 0.6 is 0 Å². The highest BCUT2D eigenvalue weighted by molar-refractivity contribution is 5.87. The standard InChI is InChI=1S/C11H18N4O3.C9H19N.C2H6/c1-9(8-16)14-10(7-12-2)13-6-4-3-5-11(17)15-18;1-8(10-2)9-6-4-3-5-7-9;1-2/h3-6,8-9,12,18H,7H2,1-2H3,(H,13,14)(H,15,17);8-10H,3-7H2,1-2H3;1-2H3/b5-3+,6-4+;;. The molecule has 1 fully saturated rings. The van der Waals surface area contributed by atoms with Crippen molar-refractivity contribution >= 4 is 18.0 Å². The molecule has 0 spiro atoms. The average Bonchev–Trinajstić information content (AvgIpc) is 2.80.